The number of rotatable bonds is 11. The van der Waals surface area contributed by atoms with Gasteiger partial charge in [0.25, 0.3) is 0 Å². The summed E-state index contributed by atoms with van der Waals surface area (Å²) in [6.07, 6.45) is 3.52. The molecule has 0 aliphatic carbocycles. The van der Waals surface area contributed by atoms with Crippen molar-refractivity contribution >= 4 is 16.8 Å². The first kappa shape index (κ1) is 25.3. The molecule has 0 bridgehead atoms. The predicted molar refractivity (Wildman–Crippen MR) is 154 cm³/mol. The SMILES string of the molecule is CCCNC(=O)CC(c1cccc(OCc2ccccc2)c1)c1cn(Cc2ccccc2)c2ccccc12. The Morgan fingerprint density at radius 1 is 0.842 bits per heavy atom. The predicted octanol–water partition coefficient (Wildman–Crippen LogP) is 7.32. The Kier molecular flexibility index (Phi) is 8.19. The Labute approximate surface area is 224 Å². The summed E-state index contributed by atoms with van der Waals surface area (Å²) in [6.45, 7) is 4.03. The zero-order valence-corrected chi connectivity index (χ0v) is 21.8. The molecule has 0 fully saturated rings. The number of nitrogens with one attached hydrogen (secondary N) is 1. The highest BCUT2D eigenvalue weighted by Gasteiger charge is 2.23. The Bertz CT molecular complexity index is 1470. The number of nitrogens with zero attached hydrogens (tertiary/aromatic N) is 1. The van der Waals surface area contributed by atoms with E-state index in [2.05, 4.69) is 95.8 Å². The topological polar surface area (TPSA) is 43.3 Å². The van der Waals surface area contributed by atoms with Gasteiger partial charge in [-0.3, -0.25) is 4.79 Å². The van der Waals surface area contributed by atoms with Gasteiger partial charge in [0.05, 0.1) is 0 Å². The summed E-state index contributed by atoms with van der Waals surface area (Å²) in [5.74, 6) is 0.764. The quantitative estimate of drug-likeness (QED) is 0.206. The first-order valence-corrected chi connectivity index (χ1v) is 13.4. The molecule has 1 aromatic heterocycles. The van der Waals surface area contributed by atoms with Crippen molar-refractivity contribution in [3.63, 3.8) is 0 Å². The maximum Gasteiger partial charge on any atom is 0.220 e. The summed E-state index contributed by atoms with van der Waals surface area (Å²) < 4.78 is 8.45. The highest BCUT2D eigenvalue weighted by Crippen LogP contribution is 2.36. The fourth-order valence-corrected chi connectivity index (χ4v) is 4.96. The molecule has 1 heterocycles. The fraction of sp³-hybridized carbons (Fsp3) is 0.206. The van der Waals surface area contributed by atoms with E-state index < -0.39 is 0 Å². The van der Waals surface area contributed by atoms with Crippen LogP contribution >= 0.6 is 0 Å². The van der Waals surface area contributed by atoms with Gasteiger partial charge in [-0.25, -0.2) is 0 Å². The van der Waals surface area contributed by atoms with Crippen molar-refractivity contribution in [3.05, 3.63) is 138 Å². The van der Waals surface area contributed by atoms with Gasteiger partial charge in [0.15, 0.2) is 0 Å². The maximum atomic E-state index is 13.0. The number of fused-ring (bicyclic) bond motifs is 1. The summed E-state index contributed by atoms with van der Waals surface area (Å²) in [7, 11) is 0. The summed E-state index contributed by atoms with van der Waals surface area (Å²) in [5, 5.41) is 4.25. The van der Waals surface area contributed by atoms with Gasteiger partial charge in [-0.05, 0) is 46.9 Å². The number of hydrogen-bond donors (Lipinski definition) is 1. The van der Waals surface area contributed by atoms with Crippen LogP contribution in [0.2, 0.25) is 0 Å². The molecule has 1 amide bonds. The largest absolute Gasteiger partial charge is 0.489 e. The standard InChI is InChI=1S/C34H34N2O2/c1-2-20-35-34(37)22-31(28-16-11-17-29(21-28)38-25-27-14-7-4-8-15-27)32-24-36(23-26-12-5-3-6-13-26)33-19-10-9-18-30(32)33/h3-19,21,24,31H,2,20,22-23,25H2,1H3,(H,35,37). The fourth-order valence-electron chi connectivity index (χ4n) is 4.96. The molecule has 4 heteroatoms. The van der Waals surface area contributed by atoms with Crippen LogP contribution in [0.3, 0.4) is 0 Å². The highest BCUT2D eigenvalue weighted by molar-refractivity contribution is 5.87. The first-order chi connectivity index (χ1) is 18.7. The zero-order chi connectivity index (χ0) is 26.2. The Hall–Kier alpha value is -4.31. The third-order valence-corrected chi connectivity index (χ3v) is 6.86. The Morgan fingerprint density at radius 3 is 2.32 bits per heavy atom. The van der Waals surface area contributed by atoms with Crippen molar-refractivity contribution in [2.75, 3.05) is 6.54 Å². The van der Waals surface area contributed by atoms with Crippen LogP contribution < -0.4 is 10.1 Å². The molecule has 1 N–H and O–H groups in total. The minimum Gasteiger partial charge on any atom is -0.489 e. The second-order valence-electron chi connectivity index (χ2n) is 9.67. The van der Waals surface area contributed by atoms with E-state index in [0.717, 1.165) is 35.4 Å². The van der Waals surface area contributed by atoms with E-state index in [9.17, 15) is 4.79 Å². The van der Waals surface area contributed by atoms with Crippen LogP contribution in [-0.4, -0.2) is 17.0 Å². The molecule has 0 spiro atoms. The van der Waals surface area contributed by atoms with Gasteiger partial charge in [-0.2, -0.15) is 0 Å². The lowest BCUT2D eigenvalue weighted by Crippen LogP contribution is -2.26. The zero-order valence-electron chi connectivity index (χ0n) is 21.8. The smallest absolute Gasteiger partial charge is 0.220 e. The monoisotopic (exact) mass is 502 g/mol. The lowest BCUT2D eigenvalue weighted by Gasteiger charge is -2.18. The lowest BCUT2D eigenvalue weighted by molar-refractivity contribution is -0.121. The molecule has 192 valence electrons. The molecule has 0 aliphatic rings. The Morgan fingerprint density at radius 2 is 1.55 bits per heavy atom. The van der Waals surface area contributed by atoms with Gasteiger partial charge in [-0.15, -0.1) is 0 Å². The third-order valence-electron chi connectivity index (χ3n) is 6.86. The highest BCUT2D eigenvalue weighted by atomic mass is 16.5. The Balaban J connectivity index is 1.51. The number of ether oxygens (including phenoxy) is 1. The number of aromatic nitrogens is 1. The molecule has 5 rings (SSSR count). The van der Waals surface area contributed by atoms with E-state index >= 15 is 0 Å². The van der Waals surface area contributed by atoms with E-state index in [1.165, 1.54) is 16.5 Å². The lowest BCUT2D eigenvalue weighted by atomic mass is 9.88. The average molecular weight is 503 g/mol. The van der Waals surface area contributed by atoms with Gasteiger partial charge in [0.2, 0.25) is 5.91 Å². The maximum absolute atomic E-state index is 13.0. The second kappa shape index (κ2) is 12.3. The van der Waals surface area contributed by atoms with Gasteiger partial charge in [-0.1, -0.05) is 97.9 Å². The minimum atomic E-state index is -0.103. The van der Waals surface area contributed by atoms with Gasteiger partial charge in [0.1, 0.15) is 12.4 Å². The van der Waals surface area contributed by atoms with Crippen molar-refractivity contribution in [1.29, 1.82) is 0 Å². The molecule has 38 heavy (non-hydrogen) atoms. The van der Waals surface area contributed by atoms with Crippen LogP contribution in [0, 0.1) is 0 Å². The molecule has 0 saturated carbocycles. The molecule has 1 atom stereocenters. The van der Waals surface area contributed by atoms with Crippen molar-refractivity contribution < 1.29 is 9.53 Å². The summed E-state index contributed by atoms with van der Waals surface area (Å²) in [6, 6.07) is 37.3. The number of carbonyl (C=O) groups excluding carboxylic acids is 1. The number of para-hydroxylation sites is 1. The molecule has 1 unspecified atom stereocenters. The molecule has 4 nitrogen and oxygen atoms in total. The average Bonchev–Trinajstić information content (AvgIpc) is 3.33. The van der Waals surface area contributed by atoms with Crippen LogP contribution in [0.15, 0.2) is 115 Å². The number of hydrogen-bond acceptors (Lipinski definition) is 2. The summed E-state index contributed by atoms with van der Waals surface area (Å²) >= 11 is 0. The van der Waals surface area contributed by atoms with E-state index in [1.807, 2.05) is 36.4 Å². The van der Waals surface area contributed by atoms with Gasteiger partial charge >= 0.3 is 0 Å². The van der Waals surface area contributed by atoms with Crippen LogP contribution in [0.4, 0.5) is 0 Å². The number of amides is 1. The van der Waals surface area contributed by atoms with E-state index in [4.69, 9.17) is 4.74 Å². The summed E-state index contributed by atoms with van der Waals surface area (Å²) in [4.78, 5) is 13.0. The number of benzene rings is 4. The molecule has 5 aromatic rings. The third kappa shape index (κ3) is 6.15. The van der Waals surface area contributed by atoms with Crippen molar-refractivity contribution in [2.45, 2.75) is 38.8 Å². The minimum absolute atomic E-state index is 0.0624. The van der Waals surface area contributed by atoms with Crippen LogP contribution in [0.25, 0.3) is 10.9 Å². The molecule has 0 radical (unpaired) electrons. The number of carbonyl (C=O) groups is 1. The molecule has 4 aromatic carbocycles. The van der Waals surface area contributed by atoms with E-state index in [-0.39, 0.29) is 11.8 Å². The van der Waals surface area contributed by atoms with E-state index in [1.54, 1.807) is 0 Å². The van der Waals surface area contributed by atoms with Gasteiger partial charge in [0, 0.05) is 42.5 Å². The normalized spacial score (nSPS) is 11.8. The van der Waals surface area contributed by atoms with Crippen molar-refractivity contribution in [1.82, 2.24) is 9.88 Å². The molecule has 0 saturated heterocycles. The van der Waals surface area contributed by atoms with Crippen LogP contribution in [0.1, 0.15) is 47.9 Å². The van der Waals surface area contributed by atoms with E-state index in [0.29, 0.717) is 19.6 Å². The molecule has 0 aliphatic heterocycles. The molecular formula is C34H34N2O2. The first-order valence-electron chi connectivity index (χ1n) is 13.4. The van der Waals surface area contributed by atoms with Gasteiger partial charge < -0.3 is 14.6 Å². The summed E-state index contributed by atoms with van der Waals surface area (Å²) in [5.41, 5.74) is 5.76. The molecular weight excluding hydrogens is 468 g/mol. The van der Waals surface area contributed by atoms with Crippen LogP contribution in [0.5, 0.6) is 5.75 Å². The van der Waals surface area contributed by atoms with Crippen LogP contribution in [-0.2, 0) is 17.9 Å². The van der Waals surface area contributed by atoms with Crippen molar-refractivity contribution in [3.8, 4) is 5.75 Å². The second-order valence-corrected chi connectivity index (χ2v) is 9.67. The van der Waals surface area contributed by atoms with Crippen molar-refractivity contribution in [2.24, 2.45) is 0 Å².